The standard InChI is InChI=1S/C21H20N4O4/c1-3-29-21(27)16-6-4-5-7-17(16)23-20(26)18-12-13-19(25-24-18)22-14-8-10-15(28-2)11-9-14/h4-13H,3H2,1-2H3,(H,22,25)(H,23,26). The number of hydrogen-bond acceptors (Lipinski definition) is 7. The van der Waals surface area contributed by atoms with Gasteiger partial charge in [-0.25, -0.2) is 4.79 Å². The zero-order valence-corrected chi connectivity index (χ0v) is 16.0. The third kappa shape index (κ3) is 5.07. The van der Waals surface area contributed by atoms with Crippen molar-refractivity contribution in [2.75, 3.05) is 24.4 Å². The van der Waals surface area contributed by atoms with Gasteiger partial charge in [-0.1, -0.05) is 12.1 Å². The van der Waals surface area contributed by atoms with Crippen LogP contribution in [0.2, 0.25) is 0 Å². The van der Waals surface area contributed by atoms with Gasteiger partial charge in [0.2, 0.25) is 0 Å². The fourth-order valence-electron chi connectivity index (χ4n) is 2.51. The molecule has 2 aromatic carbocycles. The Labute approximate surface area is 167 Å². The van der Waals surface area contributed by atoms with Crippen LogP contribution in [0.5, 0.6) is 5.75 Å². The van der Waals surface area contributed by atoms with E-state index in [4.69, 9.17) is 9.47 Å². The predicted octanol–water partition coefficient (Wildman–Crippen LogP) is 3.66. The molecule has 0 radical (unpaired) electrons. The number of aromatic nitrogens is 2. The summed E-state index contributed by atoms with van der Waals surface area (Å²) in [5.74, 6) is 0.245. The molecule has 8 nitrogen and oxygen atoms in total. The van der Waals surface area contributed by atoms with E-state index in [0.29, 0.717) is 11.5 Å². The number of nitrogens with one attached hydrogen (secondary N) is 2. The van der Waals surface area contributed by atoms with Gasteiger partial charge in [0, 0.05) is 5.69 Å². The lowest BCUT2D eigenvalue weighted by Gasteiger charge is -2.10. The summed E-state index contributed by atoms with van der Waals surface area (Å²) in [6.07, 6.45) is 0. The van der Waals surface area contributed by atoms with Crippen molar-refractivity contribution in [3.05, 3.63) is 71.9 Å². The molecule has 29 heavy (non-hydrogen) atoms. The van der Waals surface area contributed by atoms with E-state index in [1.54, 1.807) is 50.4 Å². The van der Waals surface area contributed by atoms with Crippen molar-refractivity contribution in [2.24, 2.45) is 0 Å². The van der Waals surface area contributed by atoms with Gasteiger partial charge in [-0.3, -0.25) is 4.79 Å². The van der Waals surface area contributed by atoms with Gasteiger partial charge in [-0.05, 0) is 55.5 Å². The van der Waals surface area contributed by atoms with Crippen molar-refractivity contribution in [1.29, 1.82) is 0 Å². The van der Waals surface area contributed by atoms with E-state index in [1.165, 1.54) is 0 Å². The van der Waals surface area contributed by atoms with Crippen molar-refractivity contribution < 1.29 is 19.1 Å². The van der Waals surface area contributed by atoms with Crippen LogP contribution in [0.1, 0.15) is 27.8 Å². The summed E-state index contributed by atoms with van der Waals surface area (Å²) in [6.45, 7) is 1.96. The highest BCUT2D eigenvalue weighted by Crippen LogP contribution is 2.19. The number of rotatable bonds is 7. The molecular formula is C21H20N4O4. The first kappa shape index (κ1) is 19.8. The number of methoxy groups -OCH3 is 1. The van der Waals surface area contributed by atoms with Gasteiger partial charge < -0.3 is 20.1 Å². The summed E-state index contributed by atoms with van der Waals surface area (Å²) < 4.78 is 10.1. The molecule has 0 bridgehead atoms. The number of ether oxygens (including phenoxy) is 2. The van der Waals surface area contributed by atoms with Crippen molar-refractivity contribution in [1.82, 2.24) is 10.2 Å². The molecule has 3 aromatic rings. The van der Waals surface area contributed by atoms with E-state index in [0.717, 1.165) is 11.4 Å². The van der Waals surface area contributed by atoms with Gasteiger partial charge in [0.05, 0.1) is 25.0 Å². The van der Waals surface area contributed by atoms with E-state index < -0.39 is 11.9 Å². The molecule has 0 aliphatic rings. The van der Waals surface area contributed by atoms with E-state index in [1.807, 2.05) is 24.3 Å². The number of nitrogens with zero attached hydrogens (tertiary/aromatic N) is 2. The monoisotopic (exact) mass is 392 g/mol. The zero-order valence-electron chi connectivity index (χ0n) is 16.0. The molecule has 0 aliphatic carbocycles. The fourth-order valence-corrected chi connectivity index (χ4v) is 2.51. The van der Waals surface area contributed by atoms with Crippen molar-refractivity contribution in [3.8, 4) is 5.75 Å². The minimum atomic E-state index is -0.506. The maximum absolute atomic E-state index is 12.5. The van der Waals surface area contributed by atoms with Gasteiger partial charge in [0.15, 0.2) is 11.5 Å². The Morgan fingerprint density at radius 3 is 2.38 bits per heavy atom. The SMILES string of the molecule is CCOC(=O)c1ccccc1NC(=O)c1ccc(Nc2ccc(OC)cc2)nn1. The average molecular weight is 392 g/mol. The van der Waals surface area contributed by atoms with Crippen molar-refractivity contribution in [3.63, 3.8) is 0 Å². The largest absolute Gasteiger partial charge is 0.497 e. The first-order chi connectivity index (χ1) is 14.1. The Morgan fingerprint density at radius 2 is 1.72 bits per heavy atom. The molecule has 8 heteroatoms. The van der Waals surface area contributed by atoms with Crippen LogP contribution in [0.15, 0.2) is 60.7 Å². The second-order valence-electron chi connectivity index (χ2n) is 5.88. The van der Waals surface area contributed by atoms with E-state index in [9.17, 15) is 9.59 Å². The highest BCUT2D eigenvalue weighted by molar-refractivity contribution is 6.07. The maximum atomic E-state index is 12.5. The smallest absolute Gasteiger partial charge is 0.340 e. The molecule has 0 spiro atoms. The first-order valence-electron chi connectivity index (χ1n) is 8.93. The Balaban J connectivity index is 1.68. The molecule has 1 amide bonds. The lowest BCUT2D eigenvalue weighted by Crippen LogP contribution is -2.17. The first-order valence-corrected chi connectivity index (χ1v) is 8.93. The molecule has 1 heterocycles. The molecule has 0 saturated carbocycles. The number of esters is 1. The summed E-state index contributed by atoms with van der Waals surface area (Å²) in [6, 6.07) is 17.1. The fraction of sp³-hybridized carbons (Fsp3) is 0.143. The summed E-state index contributed by atoms with van der Waals surface area (Å²) >= 11 is 0. The van der Waals surface area contributed by atoms with Crippen LogP contribution in [0.25, 0.3) is 0 Å². The number of benzene rings is 2. The lowest BCUT2D eigenvalue weighted by atomic mass is 10.1. The van der Waals surface area contributed by atoms with Crippen molar-refractivity contribution in [2.45, 2.75) is 6.92 Å². The molecule has 0 aliphatic heterocycles. The highest BCUT2D eigenvalue weighted by Gasteiger charge is 2.16. The number of anilines is 3. The third-order valence-electron chi connectivity index (χ3n) is 3.93. The molecule has 148 valence electrons. The van der Waals surface area contributed by atoms with Gasteiger partial charge in [-0.15, -0.1) is 10.2 Å². The van der Waals surface area contributed by atoms with Gasteiger partial charge in [0.1, 0.15) is 5.75 Å². The third-order valence-corrected chi connectivity index (χ3v) is 3.93. The normalized spacial score (nSPS) is 10.1. The van der Waals surface area contributed by atoms with Gasteiger partial charge in [-0.2, -0.15) is 0 Å². The molecule has 0 atom stereocenters. The van der Waals surface area contributed by atoms with Crippen LogP contribution in [0.4, 0.5) is 17.2 Å². The van der Waals surface area contributed by atoms with Crippen LogP contribution in [0.3, 0.4) is 0 Å². The minimum absolute atomic E-state index is 0.115. The number of carbonyl (C=O) groups is 2. The van der Waals surface area contributed by atoms with E-state index in [-0.39, 0.29) is 17.9 Å². The minimum Gasteiger partial charge on any atom is -0.497 e. The van der Waals surface area contributed by atoms with Crippen LogP contribution < -0.4 is 15.4 Å². The van der Waals surface area contributed by atoms with Crippen LogP contribution in [-0.2, 0) is 4.74 Å². The zero-order chi connectivity index (χ0) is 20.6. The average Bonchev–Trinajstić information content (AvgIpc) is 2.75. The number of carbonyl (C=O) groups excluding carboxylic acids is 2. The van der Waals surface area contributed by atoms with Gasteiger partial charge in [0.25, 0.3) is 5.91 Å². The summed E-state index contributed by atoms with van der Waals surface area (Å²) in [5.41, 5.74) is 1.54. The van der Waals surface area contributed by atoms with E-state index >= 15 is 0 Å². The molecular weight excluding hydrogens is 372 g/mol. The van der Waals surface area contributed by atoms with Crippen LogP contribution >= 0.6 is 0 Å². The Kier molecular flexibility index (Phi) is 6.36. The number of hydrogen-bond donors (Lipinski definition) is 2. The van der Waals surface area contributed by atoms with E-state index in [2.05, 4.69) is 20.8 Å². The highest BCUT2D eigenvalue weighted by atomic mass is 16.5. The lowest BCUT2D eigenvalue weighted by molar-refractivity contribution is 0.0527. The molecule has 1 aromatic heterocycles. The van der Waals surface area contributed by atoms with Crippen molar-refractivity contribution >= 4 is 29.1 Å². The quantitative estimate of drug-likeness (QED) is 0.592. The van der Waals surface area contributed by atoms with Crippen LogP contribution in [0, 0.1) is 0 Å². The second-order valence-corrected chi connectivity index (χ2v) is 5.88. The second kappa shape index (κ2) is 9.32. The summed E-state index contributed by atoms with van der Waals surface area (Å²) in [4.78, 5) is 24.5. The Bertz CT molecular complexity index is 988. The number of amides is 1. The maximum Gasteiger partial charge on any atom is 0.340 e. The van der Waals surface area contributed by atoms with Gasteiger partial charge >= 0.3 is 5.97 Å². The Hall–Kier alpha value is -3.94. The topological polar surface area (TPSA) is 102 Å². The summed E-state index contributed by atoms with van der Waals surface area (Å²) in [7, 11) is 1.60. The van der Waals surface area contributed by atoms with Crippen LogP contribution in [-0.4, -0.2) is 35.8 Å². The Morgan fingerprint density at radius 1 is 0.966 bits per heavy atom. The predicted molar refractivity (Wildman–Crippen MR) is 109 cm³/mol. The molecule has 2 N–H and O–H groups in total. The number of para-hydroxylation sites is 1. The molecule has 0 fully saturated rings. The summed E-state index contributed by atoms with van der Waals surface area (Å²) in [5, 5.41) is 13.7. The molecule has 0 unspecified atom stereocenters. The molecule has 0 saturated heterocycles. The molecule has 3 rings (SSSR count).